The van der Waals surface area contributed by atoms with Crippen LogP contribution in [0.1, 0.15) is 31.0 Å². The second-order valence-electron chi connectivity index (χ2n) is 6.10. The first-order valence-corrected chi connectivity index (χ1v) is 10.4. The molecule has 7 heteroatoms. The smallest absolute Gasteiger partial charge is 0.229 e. The molecular formula is C17H19N3O2S2. The van der Waals surface area contributed by atoms with Crippen LogP contribution in [0.2, 0.25) is 0 Å². The lowest BCUT2D eigenvalue weighted by Gasteiger charge is -2.12. The van der Waals surface area contributed by atoms with Gasteiger partial charge in [0.05, 0.1) is 23.2 Å². The van der Waals surface area contributed by atoms with Gasteiger partial charge in [0.1, 0.15) is 5.01 Å². The van der Waals surface area contributed by atoms with E-state index in [-0.39, 0.29) is 0 Å². The molecule has 0 aliphatic rings. The van der Waals surface area contributed by atoms with E-state index in [1.807, 2.05) is 19.2 Å². The lowest BCUT2D eigenvalue weighted by Crippen LogP contribution is -2.10. The Kier molecular flexibility index (Phi) is 4.31. The molecule has 0 aliphatic heterocycles. The number of hydrogen-bond acceptors (Lipinski definition) is 5. The largest absolute Gasteiger partial charge is 0.283 e. The zero-order valence-corrected chi connectivity index (χ0v) is 15.6. The van der Waals surface area contributed by atoms with Gasteiger partial charge in [-0.3, -0.25) is 9.71 Å². The van der Waals surface area contributed by atoms with Crippen LogP contribution in [0, 0.1) is 6.92 Å². The molecule has 24 heavy (non-hydrogen) atoms. The summed E-state index contributed by atoms with van der Waals surface area (Å²) in [6, 6.07) is 5.42. The first-order chi connectivity index (χ1) is 11.3. The molecule has 0 fully saturated rings. The monoisotopic (exact) mass is 361 g/mol. The third-order valence-corrected chi connectivity index (χ3v) is 5.28. The van der Waals surface area contributed by atoms with Crippen LogP contribution in [-0.2, 0) is 10.0 Å². The molecular weight excluding hydrogens is 342 g/mol. The summed E-state index contributed by atoms with van der Waals surface area (Å²) in [6.45, 7) is 6.19. The molecule has 1 aromatic carbocycles. The Morgan fingerprint density at radius 3 is 2.62 bits per heavy atom. The number of nitrogens with zero attached hydrogens (tertiary/aromatic N) is 2. The number of rotatable bonds is 4. The Balaban J connectivity index is 2.20. The number of sulfonamides is 1. The van der Waals surface area contributed by atoms with E-state index in [9.17, 15) is 8.42 Å². The zero-order valence-electron chi connectivity index (χ0n) is 14.0. The molecule has 0 radical (unpaired) electrons. The van der Waals surface area contributed by atoms with E-state index in [0.717, 1.165) is 39.0 Å². The number of thiazole rings is 1. The Bertz CT molecular complexity index is 1010. The minimum Gasteiger partial charge on any atom is -0.283 e. The van der Waals surface area contributed by atoms with Gasteiger partial charge in [0.2, 0.25) is 10.0 Å². The summed E-state index contributed by atoms with van der Waals surface area (Å²) < 4.78 is 25.9. The van der Waals surface area contributed by atoms with Crippen LogP contribution >= 0.6 is 11.3 Å². The van der Waals surface area contributed by atoms with Gasteiger partial charge >= 0.3 is 0 Å². The van der Waals surface area contributed by atoms with Crippen LogP contribution in [0.15, 0.2) is 29.8 Å². The summed E-state index contributed by atoms with van der Waals surface area (Å²) in [5.41, 5.74) is 4.25. The highest BCUT2D eigenvalue weighted by Crippen LogP contribution is 2.35. The van der Waals surface area contributed by atoms with E-state index < -0.39 is 10.0 Å². The van der Waals surface area contributed by atoms with E-state index in [1.165, 1.54) is 0 Å². The predicted molar refractivity (Wildman–Crippen MR) is 100 cm³/mol. The molecule has 0 amide bonds. The third kappa shape index (κ3) is 3.27. The molecule has 0 saturated carbocycles. The molecule has 0 spiro atoms. The van der Waals surface area contributed by atoms with Gasteiger partial charge in [-0.25, -0.2) is 13.4 Å². The van der Waals surface area contributed by atoms with Gasteiger partial charge in [-0.15, -0.1) is 11.3 Å². The van der Waals surface area contributed by atoms with E-state index in [4.69, 9.17) is 4.98 Å². The standard InChI is InChI=1S/C17H19N3O2S2/c1-10(2)15-9-23-17(19-15)12-8-18-13-6-5-7-14(16(13)11(12)3)20-24(4,21)22/h5-10,20H,1-4H3. The highest BCUT2D eigenvalue weighted by molar-refractivity contribution is 7.92. The molecule has 0 bridgehead atoms. The maximum atomic E-state index is 11.6. The molecule has 1 N–H and O–H groups in total. The number of hydrogen-bond donors (Lipinski definition) is 1. The fourth-order valence-electron chi connectivity index (χ4n) is 2.58. The first-order valence-electron chi connectivity index (χ1n) is 7.58. The predicted octanol–water partition coefficient (Wildman–Crippen LogP) is 4.16. The van der Waals surface area contributed by atoms with Crippen molar-refractivity contribution < 1.29 is 8.42 Å². The summed E-state index contributed by atoms with van der Waals surface area (Å²) in [5.74, 6) is 0.367. The van der Waals surface area contributed by atoms with Crippen molar-refractivity contribution >= 4 is 38.0 Å². The Hall–Kier alpha value is -1.99. The number of aromatic nitrogens is 2. The number of aryl methyl sites for hydroxylation is 1. The van der Waals surface area contributed by atoms with Crippen LogP contribution in [0.3, 0.4) is 0 Å². The van der Waals surface area contributed by atoms with E-state index >= 15 is 0 Å². The Labute approximate surface area is 145 Å². The van der Waals surface area contributed by atoms with Gasteiger partial charge in [0, 0.05) is 22.5 Å². The maximum Gasteiger partial charge on any atom is 0.229 e. The Morgan fingerprint density at radius 2 is 2.00 bits per heavy atom. The SMILES string of the molecule is Cc1c(-c2nc(C(C)C)cs2)cnc2cccc(NS(C)(=O)=O)c12. The summed E-state index contributed by atoms with van der Waals surface area (Å²) in [4.78, 5) is 9.19. The Morgan fingerprint density at radius 1 is 1.25 bits per heavy atom. The van der Waals surface area contributed by atoms with Gasteiger partial charge in [-0.1, -0.05) is 19.9 Å². The third-order valence-electron chi connectivity index (χ3n) is 3.79. The summed E-state index contributed by atoms with van der Waals surface area (Å²) in [6.07, 6.45) is 2.96. The second kappa shape index (κ2) is 6.14. The van der Waals surface area contributed by atoms with Crippen molar-refractivity contribution in [1.29, 1.82) is 0 Å². The first kappa shape index (κ1) is 16.9. The minimum absolute atomic E-state index is 0.367. The number of pyridine rings is 1. The molecule has 0 unspecified atom stereocenters. The molecule has 5 nitrogen and oxygen atoms in total. The van der Waals surface area contributed by atoms with Crippen molar-refractivity contribution in [3.05, 3.63) is 41.0 Å². The normalized spacial score (nSPS) is 12.0. The highest BCUT2D eigenvalue weighted by Gasteiger charge is 2.15. The quantitative estimate of drug-likeness (QED) is 0.757. The molecule has 2 heterocycles. The molecule has 0 aliphatic carbocycles. The molecule has 0 atom stereocenters. The fourth-order valence-corrected chi connectivity index (χ4v) is 4.20. The summed E-state index contributed by atoms with van der Waals surface area (Å²) in [5, 5.41) is 3.77. The van der Waals surface area contributed by atoms with Crippen molar-refractivity contribution in [2.75, 3.05) is 11.0 Å². The van der Waals surface area contributed by atoms with Crippen LogP contribution in [0.25, 0.3) is 21.5 Å². The van der Waals surface area contributed by atoms with Crippen LogP contribution in [0.4, 0.5) is 5.69 Å². The number of benzene rings is 1. The average Bonchev–Trinajstić information content (AvgIpc) is 2.96. The zero-order chi connectivity index (χ0) is 17.5. The topological polar surface area (TPSA) is 72.0 Å². The van der Waals surface area contributed by atoms with Crippen molar-refractivity contribution in [2.45, 2.75) is 26.7 Å². The molecule has 2 aromatic heterocycles. The van der Waals surface area contributed by atoms with Crippen LogP contribution in [-0.4, -0.2) is 24.6 Å². The highest BCUT2D eigenvalue weighted by atomic mass is 32.2. The molecule has 3 rings (SSSR count). The van der Waals surface area contributed by atoms with Crippen molar-refractivity contribution in [3.63, 3.8) is 0 Å². The minimum atomic E-state index is -3.36. The average molecular weight is 361 g/mol. The van der Waals surface area contributed by atoms with Crippen molar-refractivity contribution in [1.82, 2.24) is 9.97 Å². The van der Waals surface area contributed by atoms with Crippen molar-refractivity contribution in [2.24, 2.45) is 0 Å². The van der Waals surface area contributed by atoms with E-state index in [2.05, 4.69) is 28.9 Å². The van der Waals surface area contributed by atoms with Gasteiger partial charge in [-0.2, -0.15) is 0 Å². The molecule has 0 saturated heterocycles. The van der Waals surface area contributed by atoms with E-state index in [0.29, 0.717) is 11.6 Å². The summed E-state index contributed by atoms with van der Waals surface area (Å²) in [7, 11) is -3.36. The van der Waals surface area contributed by atoms with Gasteiger partial charge in [0.15, 0.2) is 0 Å². The lowest BCUT2D eigenvalue weighted by atomic mass is 10.0. The second-order valence-corrected chi connectivity index (χ2v) is 8.71. The number of nitrogens with one attached hydrogen (secondary N) is 1. The summed E-state index contributed by atoms with van der Waals surface area (Å²) >= 11 is 1.58. The number of fused-ring (bicyclic) bond motifs is 1. The molecule has 3 aromatic rings. The lowest BCUT2D eigenvalue weighted by molar-refractivity contribution is 0.607. The van der Waals surface area contributed by atoms with Gasteiger partial charge in [0.25, 0.3) is 0 Å². The van der Waals surface area contributed by atoms with Gasteiger partial charge < -0.3 is 0 Å². The molecule has 126 valence electrons. The maximum absolute atomic E-state index is 11.6. The number of anilines is 1. The van der Waals surface area contributed by atoms with Crippen molar-refractivity contribution in [3.8, 4) is 10.6 Å². The van der Waals surface area contributed by atoms with Crippen LogP contribution in [0.5, 0.6) is 0 Å². The van der Waals surface area contributed by atoms with Gasteiger partial charge in [-0.05, 0) is 30.5 Å². The van der Waals surface area contributed by atoms with E-state index in [1.54, 1.807) is 23.5 Å². The van der Waals surface area contributed by atoms with Crippen LogP contribution < -0.4 is 4.72 Å². The fraction of sp³-hybridized carbons (Fsp3) is 0.294.